The van der Waals surface area contributed by atoms with Crippen LogP contribution in [0, 0.1) is 5.92 Å². The van der Waals surface area contributed by atoms with Gasteiger partial charge in [0.25, 0.3) is 5.91 Å². The van der Waals surface area contributed by atoms with E-state index in [1.807, 2.05) is 24.1 Å². The van der Waals surface area contributed by atoms with Gasteiger partial charge in [-0.3, -0.25) is 9.69 Å². The molecule has 146 valence electrons. The number of imide groups is 1. The van der Waals surface area contributed by atoms with E-state index in [9.17, 15) is 14.4 Å². The second kappa shape index (κ2) is 7.68. The Morgan fingerprint density at radius 3 is 2.48 bits per heavy atom. The van der Waals surface area contributed by atoms with Gasteiger partial charge in [0.15, 0.2) is 0 Å². The first-order chi connectivity index (χ1) is 12.8. The van der Waals surface area contributed by atoms with E-state index in [1.165, 1.54) is 12.0 Å². The van der Waals surface area contributed by atoms with E-state index >= 15 is 0 Å². The Labute approximate surface area is 159 Å². The third-order valence-electron chi connectivity index (χ3n) is 5.58. The van der Waals surface area contributed by atoms with E-state index in [0.29, 0.717) is 30.9 Å². The number of carbonyl (C=O) groups is 3. The molecule has 1 N–H and O–H groups in total. The molecule has 1 aromatic carbocycles. The van der Waals surface area contributed by atoms with E-state index in [-0.39, 0.29) is 24.6 Å². The molecule has 1 heterocycles. The minimum atomic E-state index is -0.702. The van der Waals surface area contributed by atoms with Crippen LogP contribution in [-0.4, -0.2) is 54.1 Å². The summed E-state index contributed by atoms with van der Waals surface area (Å²) in [6.07, 6.45) is 3.35. The van der Waals surface area contributed by atoms with Crippen molar-refractivity contribution in [3.63, 3.8) is 0 Å². The molecule has 2 fully saturated rings. The second-order valence-corrected chi connectivity index (χ2v) is 7.77. The van der Waals surface area contributed by atoms with Crippen molar-refractivity contribution in [3.05, 3.63) is 35.4 Å². The number of rotatable bonds is 5. The van der Waals surface area contributed by atoms with Crippen LogP contribution in [-0.2, 0) is 16.1 Å². The van der Waals surface area contributed by atoms with E-state index < -0.39 is 5.54 Å². The monoisotopic (exact) mass is 373 g/mol. The summed E-state index contributed by atoms with van der Waals surface area (Å²) in [5.41, 5.74) is 0.775. The molecule has 3 amide bonds. The highest BCUT2D eigenvalue weighted by atomic mass is 16.5. The van der Waals surface area contributed by atoms with Gasteiger partial charge in [0.2, 0.25) is 0 Å². The number of methoxy groups -OCH3 is 1. The summed E-state index contributed by atoms with van der Waals surface area (Å²) in [7, 11) is 3.21. The van der Waals surface area contributed by atoms with E-state index in [0.717, 1.165) is 18.4 Å². The van der Waals surface area contributed by atoms with Crippen LogP contribution in [0.3, 0.4) is 0 Å². The molecule has 7 heteroatoms. The molecule has 27 heavy (non-hydrogen) atoms. The topological polar surface area (TPSA) is 79.0 Å². The Morgan fingerprint density at radius 1 is 1.26 bits per heavy atom. The molecule has 0 atom stereocenters. The molecular weight excluding hydrogens is 346 g/mol. The maximum Gasteiger partial charge on any atom is 0.337 e. The SMILES string of the molecule is COC(=O)c1ccc(CN(C)CN2C(=O)NC3(CCC(C)CC3)C2=O)cc1. The van der Waals surface area contributed by atoms with Crippen LogP contribution in [0.15, 0.2) is 24.3 Å². The molecule has 3 rings (SSSR count). The maximum absolute atomic E-state index is 12.9. The lowest BCUT2D eigenvalue weighted by molar-refractivity contribution is -0.134. The summed E-state index contributed by atoms with van der Waals surface area (Å²) >= 11 is 0. The highest BCUT2D eigenvalue weighted by Gasteiger charge is 2.52. The van der Waals surface area contributed by atoms with Crippen LogP contribution < -0.4 is 5.32 Å². The predicted octanol–water partition coefficient (Wildman–Crippen LogP) is 2.36. The van der Waals surface area contributed by atoms with Gasteiger partial charge in [-0.05, 0) is 56.3 Å². The highest BCUT2D eigenvalue weighted by molar-refractivity contribution is 6.07. The minimum absolute atomic E-state index is 0.104. The van der Waals surface area contributed by atoms with Gasteiger partial charge in [-0.25, -0.2) is 14.5 Å². The Balaban J connectivity index is 1.60. The molecule has 0 aromatic heterocycles. The Hall–Kier alpha value is -2.41. The van der Waals surface area contributed by atoms with E-state index in [4.69, 9.17) is 4.74 Å². The van der Waals surface area contributed by atoms with Gasteiger partial charge in [0.05, 0.1) is 19.3 Å². The van der Waals surface area contributed by atoms with Crippen molar-refractivity contribution in [1.82, 2.24) is 15.1 Å². The van der Waals surface area contributed by atoms with Crippen molar-refractivity contribution in [3.8, 4) is 0 Å². The first-order valence-corrected chi connectivity index (χ1v) is 9.34. The standard InChI is InChI=1S/C20H27N3O4/c1-14-8-10-20(11-9-14)18(25)23(19(26)21-20)13-22(2)12-15-4-6-16(7-5-15)17(24)27-3/h4-7,14H,8-13H2,1-3H3,(H,21,26). The molecule has 1 spiro atoms. The van der Waals surface area contributed by atoms with Gasteiger partial charge in [-0.2, -0.15) is 0 Å². The number of hydrogen-bond donors (Lipinski definition) is 1. The molecule has 0 bridgehead atoms. The number of amides is 3. The first-order valence-electron chi connectivity index (χ1n) is 9.34. The molecule has 0 unspecified atom stereocenters. The third kappa shape index (κ3) is 3.98. The average molecular weight is 373 g/mol. The van der Waals surface area contributed by atoms with Crippen LogP contribution >= 0.6 is 0 Å². The molecular formula is C20H27N3O4. The fraction of sp³-hybridized carbons (Fsp3) is 0.550. The van der Waals surface area contributed by atoms with Crippen LogP contribution in [0.5, 0.6) is 0 Å². The van der Waals surface area contributed by atoms with Crippen molar-refractivity contribution in [2.45, 2.75) is 44.7 Å². The Kier molecular flexibility index (Phi) is 5.51. The number of benzene rings is 1. The summed E-state index contributed by atoms with van der Waals surface area (Å²) in [6.45, 7) is 2.98. The average Bonchev–Trinajstić information content (AvgIpc) is 2.88. The number of urea groups is 1. The van der Waals surface area contributed by atoms with E-state index in [1.54, 1.807) is 12.1 Å². The molecule has 7 nitrogen and oxygen atoms in total. The van der Waals surface area contributed by atoms with Crippen LogP contribution in [0.1, 0.15) is 48.5 Å². The Morgan fingerprint density at radius 2 is 1.89 bits per heavy atom. The lowest BCUT2D eigenvalue weighted by Crippen LogP contribution is -2.49. The summed E-state index contributed by atoms with van der Waals surface area (Å²) in [5.74, 6) is 0.124. The molecule has 0 radical (unpaired) electrons. The number of nitrogens with zero attached hydrogens (tertiary/aromatic N) is 2. The minimum Gasteiger partial charge on any atom is -0.465 e. The van der Waals surface area contributed by atoms with Gasteiger partial charge < -0.3 is 10.1 Å². The number of hydrogen-bond acceptors (Lipinski definition) is 5. The normalized spacial score (nSPS) is 25.2. The van der Waals surface area contributed by atoms with Crippen LogP contribution in [0.4, 0.5) is 4.79 Å². The zero-order valence-electron chi connectivity index (χ0n) is 16.2. The number of ether oxygens (including phenoxy) is 1. The maximum atomic E-state index is 12.9. The van der Waals surface area contributed by atoms with Gasteiger partial charge in [-0.1, -0.05) is 19.1 Å². The van der Waals surface area contributed by atoms with Crippen molar-refractivity contribution >= 4 is 17.9 Å². The van der Waals surface area contributed by atoms with Crippen LogP contribution in [0.25, 0.3) is 0 Å². The quantitative estimate of drug-likeness (QED) is 0.633. The molecule has 1 saturated heterocycles. The predicted molar refractivity (Wildman–Crippen MR) is 99.9 cm³/mol. The number of esters is 1. The molecule has 1 aliphatic heterocycles. The van der Waals surface area contributed by atoms with Crippen molar-refractivity contribution in [2.24, 2.45) is 5.92 Å². The summed E-state index contributed by atoms with van der Waals surface area (Å²) in [5, 5.41) is 2.94. The van der Waals surface area contributed by atoms with Gasteiger partial charge in [0.1, 0.15) is 5.54 Å². The van der Waals surface area contributed by atoms with Crippen molar-refractivity contribution in [2.75, 3.05) is 20.8 Å². The summed E-state index contributed by atoms with van der Waals surface area (Å²) in [4.78, 5) is 40.0. The Bertz CT molecular complexity index is 723. The molecule has 1 aromatic rings. The van der Waals surface area contributed by atoms with Gasteiger partial charge >= 0.3 is 12.0 Å². The molecule has 1 aliphatic carbocycles. The fourth-order valence-electron chi connectivity index (χ4n) is 3.87. The van der Waals surface area contributed by atoms with E-state index in [2.05, 4.69) is 12.2 Å². The lowest BCUT2D eigenvalue weighted by Gasteiger charge is -2.33. The number of nitrogens with one attached hydrogen (secondary N) is 1. The van der Waals surface area contributed by atoms with Crippen molar-refractivity contribution < 1.29 is 19.1 Å². The third-order valence-corrected chi connectivity index (χ3v) is 5.58. The van der Waals surface area contributed by atoms with Crippen LogP contribution in [0.2, 0.25) is 0 Å². The van der Waals surface area contributed by atoms with Gasteiger partial charge in [0, 0.05) is 6.54 Å². The summed E-state index contributed by atoms with van der Waals surface area (Å²) in [6, 6.07) is 6.81. The fourth-order valence-corrected chi connectivity index (χ4v) is 3.87. The lowest BCUT2D eigenvalue weighted by atomic mass is 9.77. The zero-order chi connectivity index (χ0) is 19.6. The second-order valence-electron chi connectivity index (χ2n) is 7.77. The zero-order valence-corrected chi connectivity index (χ0v) is 16.2. The van der Waals surface area contributed by atoms with Gasteiger partial charge in [-0.15, -0.1) is 0 Å². The molecule has 1 saturated carbocycles. The highest BCUT2D eigenvalue weighted by Crippen LogP contribution is 2.36. The summed E-state index contributed by atoms with van der Waals surface area (Å²) < 4.78 is 4.69. The first kappa shape index (κ1) is 19.4. The molecule has 2 aliphatic rings. The largest absolute Gasteiger partial charge is 0.465 e. The van der Waals surface area contributed by atoms with Crippen molar-refractivity contribution in [1.29, 1.82) is 0 Å². The number of carbonyl (C=O) groups excluding carboxylic acids is 3. The smallest absolute Gasteiger partial charge is 0.337 e.